The summed E-state index contributed by atoms with van der Waals surface area (Å²) in [6.07, 6.45) is -2.03. The zero-order valence-corrected chi connectivity index (χ0v) is 11.7. The highest BCUT2D eigenvalue weighted by Gasteiger charge is 2.45. The van der Waals surface area contributed by atoms with Crippen LogP contribution in [0.4, 0.5) is 13.2 Å². The summed E-state index contributed by atoms with van der Waals surface area (Å²) in [5.41, 5.74) is -1.44. The lowest BCUT2D eigenvalue weighted by Gasteiger charge is -2.50. The van der Waals surface area contributed by atoms with Crippen molar-refractivity contribution in [2.45, 2.75) is 37.0 Å². The number of likely N-dealkylation sites (N-methyl/N-ethyl adjacent to an activating group) is 1. The number of rotatable bonds is 2. The summed E-state index contributed by atoms with van der Waals surface area (Å²) in [6, 6.07) is 3.63. The molecule has 2 aliphatic rings. The highest BCUT2D eigenvalue weighted by Crippen LogP contribution is 2.41. The van der Waals surface area contributed by atoms with E-state index >= 15 is 0 Å². The lowest BCUT2D eigenvalue weighted by atomic mass is 9.77. The van der Waals surface area contributed by atoms with Gasteiger partial charge in [-0.25, -0.2) is 13.2 Å². The van der Waals surface area contributed by atoms with Crippen LogP contribution in [0.15, 0.2) is 18.2 Å². The molecule has 3 rings (SSSR count). The normalized spacial score (nSPS) is 33.4. The number of hydrogen-bond donors (Lipinski definition) is 1. The van der Waals surface area contributed by atoms with Crippen LogP contribution in [-0.4, -0.2) is 42.4 Å². The Morgan fingerprint density at radius 3 is 2.43 bits per heavy atom. The Labute approximate surface area is 121 Å². The first-order chi connectivity index (χ1) is 9.90. The van der Waals surface area contributed by atoms with Crippen molar-refractivity contribution in [1.82, 2.24) is 4.90 Å². The van der Waals surface area contributed by atoms with Crippen LogP contribution in [0.3, 0.4) is 0 Å². The third kappa shape index (κ3) is 2.56. The van der Waals surface area contributed by atoms with Crippen molar-refractivity contribution < 1.29 is 23.0 Å². The van der Waals surface area contributed by atoms with Crippen molar-refractivity contribution in [3.05, 3.63) is 35.1 Å². The first kappa shape index (κ1) is 14.8. The number of hydrogen-bond acceptors (Lipinski definition) is 3. The first-order valence-electron chi connectivity index (χ1n) is 7.01. The summed E-state index contributed by atoms with van der Waals surface area (Å²) >= 11 is 0. The number of aliphatic hydroxyl groups is 1. The number of benzene rings is 1. The van der Waals surface area contributed by atoms with E-state index in [1.54, 1.807) is 0 Å². The molecule has 2 atom stereocenters. The fourth-order valence-electron chi connectivity index (χ4n) is 3.37. The Balaban J connectivity index is 1.91. The fourth-order valence-corrected chi connectivity index (χ4v) is 3.37. The summed E-state index contributed by atoms with van der Waals surface area (Å²) in [6.45, 7) is 1.04. The second-order valence-corrected chi connectivity index (χ2v) is 5.99. The van der Waals surface area contributed by atoms with Crippen molar-refractivity contribution in [1.29, 1.82) is 0 Å². The third-order valence-corrected chi connectivity index (χ3v) is 4.69. The standard InChI is InChI=1S/C15H18F3NO2/c1-19-10-5-15(20,6-11(19)8-21-7-10)9-2-3-12(14(17)18)13(16)4-9/h2-4,10-11,14,20H,5-8H2,1H3. The molecular formula is C15H18F3NO2. The topological polar surface area (TPSA) is 32.7 Å². The molecule has 0 aliphatic carbocycles. The second kappa shape index (κ2) is 5.26. The van der Waals surface area contributed by atoms with Crippen LogP contribution < -0.4 is 0 Å². The number of fused-ring (bicyclic) bond motifs is 2. The van der Waals surface area contributed by atoms with Gasteiger partial charge in [0.2, 0.25) is 0 Å². The SMILES string of the molecule is CN1C2COCC1CC(O)(c1ccc(C(F)F)c(F)c1)C2. The molecule has 1 aromatic carbocycles. The molecule has 1 aromatic rings. The molecule has 2 fully saturated rings. The van der Waals surface area contributed by atoms with Gasteiger partial charge in [-0.05, 0) is 31.5 Å². The van der Waals surface area contributed by atoms with Crippen molar-refractivity contribution in [3.63, 3.8) is 0 Å². The van der Waals surface area contributed by atoms with E-state index in [1.807, 2.05) is 7.05 Å². The van der Waals surface area contributed by atoms with Crippen molar-refractivity contribution in [3.8, 4) is 0 Å². The van der Waals surface area contributed by atoms with Crippen LogP contribution in [0, 0.1) is 5.82 Å². The molecule has 2 saturated heterocycles. The predicted molar refractivity (Wildman–Crippen MR) is 70.6 cm³/mol. The van der Waals surface area contributed by atoms with Gasteiger partial charge in [0.05, 0.1) is 24.4 Å². The lowest BCUT2D eigenvalue weighted by molar-refractivity contribution is -0.137. The molecule has 116 valence electrons. The van der Waals surface area contributed by atoms with E-state index in [2.05, 4.69) is 4.90 Å². The van der Waals surface area contributed by atoms with Crippen LogP contribution in [0.1, 0.15) is 30.4 Å². The molecule has 0 spiro atoms. The third-order valence-electron chi connectivity index (χ3n) is 4.69. The van der Waals surface area contributed by atoms with E-state index in [0.717, 1.165) is 12.1 Å². The Morgan fingerprint density at radius 1 is 1.29 bits per heavy atom. The van der Waals surface area contributed by atoms with E-state index in [1.165, 1.54) is 6.07 Å². The number of halogens is 3. The highest BCUT2D eigenvalue weighted by molar-refractivity contribution is 5.30. The number of ether oxygens (including phenoxy) is 1. The van der Waals surface area contributed by atoms with Crippen LogP contribution in [0.25, 0.3) is 0 Å². The molecular weight excluding hydrogens is 283 g/mol. The Hall–Kier alpha value is -1.11. The van der Waals surface area contributed by atoms with Crippen LogP contribution in [-0.2, 0) is 10.3 Å². The molecule has 2 unspecified atom stereocenters. The molecule has 2 bridgehead atoms. The van der Waals surface area contributed by atoms with Gasteiger partial charge >= 0.3 is 0 Å². The van der Waals surface area contributed by atoms with E-state index in [4.69, 9.17) is 4.74 Å². The molecule has 0 radical (unpaired) electrons. The van der Waals surface area contributed by atoms with Crippen LogP contribution in [0.5, 0.6) is 0 Å². The molecule has 0 aromatic heterocycles. The number of morpholine rings is 1. The zero-order valence-electron chi connectivity index (χ0n) is 11.7. The van der Waals surface area contributed by atoms with E-state index < -0.39 is 23.4 Å². The van der Waals surface area contributed by atoms with Crippen molar-refractivity contribution in [2.75, 3.05) is 20.3 Å². The molecule has 21 heavy (non-hydrogen) atoms. The van der Waals surface area contributed by atoms with Gasteiger partial charge in [0.25, 0.3) is 6.43 Å². The summed E-state index contributed by atoms with van der Waals surface area (Å²) in [7, 11) is 1.98. The predicted octanol–water partition coefficient (Wildman–Crippen LogP) is 2.44. The number of piperidine rings is 1. The summed E-state index contributed by atoms with van der Waals surface area (Å²) in [5.74, 6) is -0.962. The van der Waals surface area contributed by atoms with Crippen LogP contribution >= 0.6 is 0 Å². The van der Waals surface area contributed by atoms with E-state index in [-0.39, 0.29) is 12.1 Å². The molecule has 3 nitrogen and oxygen atoms in total. The minimum atomic E-state index is -2.85. The Bertz CT molecular complexity index is 524. The number of alkyl halides is 2. The summed E-state index contributed by atoms with van der Waals surface area (Å²) in [5, 5.41) is 10.9. The average Bonchev–Trinajstić information content (AvgIpc) is 2.40. The molecule has 0 amide bonds. The maximum atomic E-state index is 13.8. The maximum absolute atomic E-state index is 13.8. The monoisotopic (exact) mass is 301 g/mol. The lowest BCUT2D eigenvalue weighted by Crippen LogP contribution is -2.59. The molecule has 0 saturated carbocycles. The van der Waals surface area contributed by atoms with Crippen molar-refractivity contribution >= 4 is 0 Å². The second-order valence-electron chi connectivity index (χ2n) is 5.99. The molecule has 2 aliphatic heterocycles. The highest BCUT2D eigenvalue weighted by atomic mass is 19.3. The van der Waals surface area contributed by atoms with Crippen molar-refractivity contribution in [2.24, 2.45) is 0 Å². The molecule has 6 heteroatoms. The summed E-state index contributed by atoms with van der Waals surface area (Å²) in [4.78, 5) is 2.17. The quantitative estimate of drug-likeness (QED) is 0.911. The minimum Gasteiger partial charge on any atom is -0.385 e. The van der Waals surface area contributed by atoms with Gasteiger partial charge in [-0.15, -0.1) is 0 Å². The van der Waals surface area contributed by atoms with Gasteiger partial charge < -0.3 is 9.84 Å². The minimum absolute atomic E-state index is 0.0559. The first-order valence-corrected chi connectivity index (χ1v) is 7.01. The Morgan fingerprint density at radius 2 is 1.90 bits per heavy atom. The molecule has 1 N–H and O–H groups in total. The fraction of sp³-hybridized carbons (Fsp3) is 0.600. The van der Waals surface area contributed by atoms with Gasteiger partial charge in [0, 0.05) is 12.1 Å². The van der Waals surface area contributed by atoms with E-state index in [0.29, 0.717) is 31.6 Å². The van der Waals surface area contributed by atoms with E-state index in [9.17, 15) is 18.3 Å². The van der Waals surface area contributed by atoms with Gasteiger partial charge in [0.1, 0.15) is 5.82 Å². The summed E-state index contributed by atoms with van der Waals surface area (Å²) < 4.78 is 44.5. The van der Waals surface area contributed by atoms with Gasteiger partial charge in [-0.2, -0.15) is 0 Å². The van der Waals surface area contributed by atoms with Gasteiger partial charge in [0.15, 0.2) is 0 Å². The van der Waals surface area contributed by atoms with Crippen LogP contribution in [0.2, 0.25) is 0 Å². The Kier molecular flexibility index (Phi) is 3.71. The maximum Gasteiger partial charge on any atom is 0.266 e. The number of nitrogens with zero attached hydrogens (tertiary/aromatic N) is 1. The zero-order chi connectivity index (χ0) is 15.2. The molecule has 2 heterocycles. The van der Waals surface area contributed by atoms with Gasteiger partial charge in [-0.3, -0.25) is 4.90 Å². The van der Waals surface area contributed by atoms with Gasteiger partial charge in [-0.1, -0.05) is 12.1 Å². The smallest absolute Gasteiger partial charge is 0.266 e. The largest absolute Gasteiger partial charge is 0.385 e. The average molecular weight is 301 g/mol.